The first kappa shape index (κ1) is 14.6. The van der Waals surface area contributed by atoms with Crippen LogP contribution >= 0.6 is 0 Å². The lowest BCUT2D eigenvalue weighted by molar-refractivity contribution is 0.383. The van der Waals surface area contributed by atoms with Crippen molar-refractivity contribution in [3.63, 3.8) is 0 Å². The standard InChI is InChI=1S/C16H21FN2O/c1-3-14(18)9-12-7-8-19(10-12)11-13-5-4-6-15(20-2)16(13)17/h4-8,10,14H,3,9,11,18H2,1-2H3. The summed E-state index contributed by atoms with van der Waals surface area (Å²) in [6, 6.07) is 7.41. The third-order valence-corrected chi connectivity index (χ3v) is 3.45. The Morgan fingerprint density at radius 2 is 2.15 bits per heavy atom. The van der Waals surface area contributed by atoms with Crippen LogP contribution in [0.15, 0.2) is 36.7 Å². The van der Waals surface area contributed by atoms with Gasteiger partial charge in [-0.05, 0) is 30.5 Å². The molecular formula is C16H21FN2O. The molecule has 108 valence electrons. The Bertz CT molecular complexity index is 565. The monoisotopic (exact) mass is 276 g/mol. The summed E-state index contributed by atoms with van der Waals surface area (Å²) in [5.74, 6) is -0.0154. The molecule has 1 heterocycles. The zero-order valence-corrected chi connectivity index (χ0v) is 12.0. The third-order valence-electron chi connectivity index (χ3n) is 3.45. The lowest BCUT2D eigenvalue weighted by Crippen LogP contribution is -2.21. The smallest absolute Gasteiger partial charge is 0.170 e. The summed E-state index contributed by atoms with van der Waals surface area (Å²) >= 11 is 0. The fourth-order valence-corrected chi connectivity index (χ4v) is 2.19. The predicted molar refractivity (Wildman–Crippen MR) is 78.5 cm³/mol. The summed E-state index contributed by atoms with van der Waals surface area (Å²) in [5, 5.41) is 0. The molecule has 0 aliphatic rings. The van der Waals surface area contributed by atoms with E-state index in [-0.39, 0.29) is 17.6 Å². The molecule has 0 amide bonds. The highest BCUT2D eigenvalue weighted by atomic mass is 19.1. The summed E-state index contributed by atoms with van der Waals surface area (Å²) in [5.41, 5.74) is 7.74. The van der Waals surface area contributed by atoms with Crippen LogP contribution in [0, 0.1) is 5.82 Å². The van der Waals surface area contributed by atoms with E-state index in [1.165, 1.54) is 12.7 Å². The number of rotatable bonds is 6. The van der Waals surface area contributed by atoms with Crippen molar-refractivity contribution in [3.8, 4) is 5.75 Å². The van der Waals surface area contributed by atoms with Crippen LogP contribution in [0.2, 0.25) is 0 Å². The van der Waals surface area contributed by atoms with E-state index in [0.29, 0.717) is 12.1 Å². The van der Waals surface area contributed by atoms with Crippen molar-refractivity contribution in [2.75, 3.05) is 7.11 Å². The molecule has 0 saturated carbocycles. The first-order chi connectivity index (χ1) is 9.63. The van der Waals surface area contributed by atoms with Crippen LogP contribution in [-0.2, 0) is 13.0 Å². The van der Waals surface area contributed by atoms with Gasteiger partial charge in [0.2, 0.25) is 0 Å². The number of halogens is 1. The van der Waals surface area contributed by atoms with Gasteiger partial charge in [0.25, 0.3) is 0 Å². The molecule has 1 aromatic heterocycles. The molecule has 0 radical (unpaired) electrons. The second-order valence-electron chi connectivity index (χ2n) is 5.00. The summed E-state index contributed by atoms with van der Waals surface area (Å²) in [7, 11) is 1.47. The second-order valence-corrected chi connectivity index (χ2v) is 5.00. The van der Waals surface area contributed by atoms with Gasteiger partial charge in [0, 0.05) is 24.0 Å². The number of hydrogen-bond acceptors (Lipinski definition) is 2. The van der Waals surface area contributed by atoms with Crippen LogP contribution in [0.3, 0.4) is 0 Å². The van der Waals surface area contributed by atoms with E-state index >= 15 is 0 Å². The lowest BCUT2D eigenvalue weighted by atomic mass is 10.1. The number of ether oxygens (including phenoxy) is 1. The Hall–Kier alpha value is -1.81. The maximum atomic E-state index is 14.1. The van der Waals surface area contributed by atoms with Crippen LogP contribution in [-0.4, -0.2) is 17.7 Å². The zero-order valence-electron chi connectivity index (χ0n) is 12.0. The van der Waals surface area contributed by atoms with Crippen LogP contribution in [0.4, 0.5) is 4.39 Å². The Balaban J connectivity index is 2.11. The highest BCUT2D eigenvalue weighted by Crippen LogP contribution is 2.21. The van der Waals surface area contributed by atoms with Gasteiger partial charge < -0.3 is 15.0 Å². The lowest BCUT2D eigenvalue weighted by Gasteiger charge is -2.08. The van der Waals surface area contributed by atoms with Crippen molar-refractivity contribution in [1.82, 2.24) is 4.57 Å². The normalized spacial score (nSPS) is 12.4. The van der Waals surface area contributed by atoms with Gasteiger partial charge in [-0.2, -0.15) is 0 Å². The average molecular weight is 276 g/mol. The summed E-state index contributed by atoms with van der Waals surface area (Å²) in [4.78, 5) is 0. The molecule has 2 aromatic rings. The van der Waals surface area contributed by atoms with Crippen LogP contribution < -0.4 is 10.5 Å². The van der Waals surface area contributed by atoms with Crippen molar-refractivity contribution in [2.24, 2.45) is 5.73 Å². The SMILES string of the molecule is CCC(N)Cc1ccn(Cc2cccc(OC)c2F)c1. The quantitative estimate of drug-likeness (QED) is 0.881. The number of nitrogens with two attached hydrogens (primary N) is 1. The number of methoxy groups -OCH3 is 1. The zero-order chi connectivity index (χ0) is 14.5. The topological polar surface area (TPSA) is 40.2 Å². The maximum Gasteiger partial charge on any atom is 0.170 e. The molecule has 4 heteroatoms. The van der Waals surface area contributed by atoms with Gasteiger partial charge in [0.05, 0.1) is 13.7 Å². The van der Waals surface area contributed by atoms with E-state index in [1.807, 2.05) is 23.0 Å². The van der Waals surface area contributed by atoms with Gasteiger partial charge in [-0.1, -0.05) is 19.1 Å². The molecule has 0 aliphatic carbocycles. The maximum absolute atomic E-state index is 14.1. The van der Waals surface area contributed by atoms with Gasteiger partial charge in [0.15, 0.2) is 11.6 Å². The molecule has 2 N–H and O–H groups in total. The predicted octanol–water partition coefficient (Wildman–Crippen LogP) is 2.96. The van der Waals surface area contributed by atoms with E-state index in [1.54, 1.807) is 18.2 Å². The molecule has 2 rings (SSSR count). The van der Waals surface area contributed by atoms with Crippen molar-refractivity contribution < 1.29 is 9.13 Å². The Morgan fingerprint density at radius 1 is 1.35 bits per heavy atom. The van der Waals surface area contributed by atoms with Crippen molar-refractivity contribution in [3.05, 3.63) is 53.6 Å². The molecule has 0 spiro atoms. The molecule has 0 aliphatic heterocycles. The van der Waals surface area contributed by atoms with Gasteiger partial charge in [-0.3, -0.25) is 0 Å². The van der Waals surface area contributed by atoms with E-state index in [9.17, 15) is 4.39 Å². The Labute approximate surface area is 119 Å². The summed E-state index contributed by atoms with van der Waals surface area (Å²) in [6.07, 6.45) is 5.78. The molecule has 0 saturated heterocycles. The van der Waals surface area contributed by atoms with Gasteiger partial charge >= 0.3 is 0 Å². The minimum Gasteiger partial charge on any atom is -0.494 e. The van der Waals surface area contributed by atoms with Gasteiger partial charge in [0.1, 0.15) is 0 Å². The fraction of sp³-hybridized carbons (Fsp3) is 0.375. The largest absolute Gasteiger partial charge is 0.494 e. The van der Waals surface area contributed by atoms with Crippen LogP contribution in [0.1, 0.15) is 24.5 Å². The van der Waals surface area contributed by atoms with E-state index in [0.717, 1.165) is 12.8 Å². The van der Waals surface area contributed by atoms with Crippen LogP contribution in [0.25, 0.3) is 0 Å². The van der Waals surface area contributed by atoms with Crippen molar-refractivity contribution in [1.29, 1.82) is 0 Å². The first-order valence-corrected chi connectivity index (χ1v) is 6.85. The summed E-state index contributed by atoms with van der Waals surface area (Å²) < 4.78 is 21.0. The van der Waals surface area contributed by atoms with E-state index in [4.69, 9.17) is 10.5 Å². The van der Waals surface area contributed by atoms with Crippen molar-refractivity contribution in [2.45, 2.75) is 32.4 Å². The molecular weight excluding hydrogens is 255 g/mol. The number of aromatic nitrogens is 1. The van der Waals surface area contributed by atoms with E-state index in [2.05, 4.69) is 6.92 Å². The van der Waals surface area contributed by atoms with Gasteiger partial charge in [-0.15, -0.1) is 0 Å². The molecule has 1 atom stereocenters. The number of benzene rings is 1. The first-order valence-electron chi connectivity index (χ1n) is 6.85. The Morgan fingerprint density at radius 3 is 2.85 bits per heavy atom. The highest BCUT2D eigenvalue weighted by molar-refractivity contribution is 5.31. The summed E-state index contributed by atoms with van der Waals surface area (Å²) in [6.45, 7) is 2.57. The Kier molecular flexibility index (Phi) is 4.79. The molecule has 1 unspecified atom stereocenters. The number of hydrogen-bond donors (Lipinski definition) is 1. The van der Waals surface area contributed by atoms with Gasteiger partial charge in [-0.25, -0.2) is 4.39 Å². The van der Waals surface area contributed by atoms with E-state index < -0.39 is 0 Å². The minimum absolute atomic E-state index is 0.180. The average Bonchev–Trinajstić information content (AvgIpc) is 2.88. The molecule has 3 nitrogen and oxygen atoms in total. The number of nitrogens with zero attached hydrogens (tertiary/aromatic N) is 1. The molecule has 0 fully saturated rings. The fourth-order valence-electron chi connectivity index (χ4n) is 2.19. The van der Waals surface area contributed by atoms with Crippen LogP contribution in [0.5, 0.6) is 5.75 Å². The second kappa shape index (κ2) is 6.57. The van der Waals surface area contributed by atoms with Crippen molar-refractivity contribution >= 4 is 0 Å². The molecule has 1 aromatic carbocycles. The highest BCUT2D eigenvalue weighted by Gasteiger charge is 2.09. The molecule has 0 bridgehead atoms. The minimum atomic E-state index is -0.296. The third kappa shape index (κ3) is 3.39. The molecule has 20 heavy (non-hydrogen) atoms.